The molecule has 18 heavy (non-hydrogen) atoms. The molecule has 0 spiro atoms. The van der Waals surface area contributed by atoms with Crippen LogP contribution in [0, 0.1) is 0 Å². The summed E-state index contributed by atoms with van der Waals surface area (Å²) in [4.78, 5) is 0. The average molecular weight is 367 g/mol. The van der Waals surface area contributed by atoms with Crippen molar-refractivity contribution in [3.8, 4) is 0 Å². The van der Waals surface area contributed by atoms with Gasteiger partial charge in [0.1, 0.15) is 0 Å². The minimum atomic E-state index is -6.33. The topological polar surface area (TPSA) is 43.4 Å². The van der Waals surface area contributed by atoms with Gasteiger partial charge in [-0.3, -0.25) is 4.74 Å². The molecule has 1 unspecified atom stereocenters. The number of ether oxygens (including phenoxy) is 1. The standard InChI is InChI=1S/C4Cl3F7O3S/c5-1(8,9)2(6,10)17-3(11,12)4(13,14)18(7,15)16. The van der Waals surface area contributed by atoms with Crippen molar-refractivity contribution >= 4 is 42.9 Å². The van der Waals surface area contributed by atoms with Crippen molar-refractivity contribution in [2.75, 3.05) is 0 Å². The molecule has 0 aliphatic rings. The van der Waals surface area contributed by atoms with E-state index in [1.54, 1.807) is 0 Å². The Kier molecular flexibility index (Phi) is 4.76. The predicted octanol–water partition coefficient (Wildman–Crippen LogP) is 3.45. The lowest BCUT2D eigenvalue weighted by molar-refractivity contribution is -0.381. The first-order valence-electron chi connectivity index (χ1n) is 3.30. The highest BCUT2D eigenvalue weighted by Gasteiger charge is 2.72. The van der Waals surface area contributed by atoms with Crippen LogP contribution in [0.25, 0.3) is 0 Å². The minimum Gasteiger partial charge on any atom is -0.257 e. The molecule has 3 nitrogen and oxygen atoms in total. The van der Waals surface area contributed by atoms with Crippen molar-refractivity contribution < 1.29 is 43.9 Å². The number of halogens is 10. The maximum atomic E-state index is 12.6. The van der Waals surface area contributed by atoms with Crippen LogP contribution in [0.5, 0.6) is 0 Å². The summed E-state index contributed by atoms with van der Waals surface area (Å²) in [6.45, 7) is 0. The lowest BCUT2D eigenvalue weighted by atomic mass is 10.6. The summed E-state index contributed by atoms with van der Waals surface area (Å²) in [5.74, 6) is 0. The van der Waals surface area contributed by atoms with E-state index in [9.17, 15) is 39.2 Å². The van der Waals surface area contributed by atoms with Crippen LogP contribution in [-0.2, 0) is 13.8 Å². The summed E-state index contributed by atoms with van der Waals surface area (Å²) in [6.07, 6.45) is -6.30. The Labute approximate surface area is 109 Å². The first kappa shape index (κ1) is 18.3. The average Bonchev–Trinajstić information content (AvgIpc) is 1.96. The second-order valence-corrected chi connectivity index (χ2v) is 6.16. The van der Waals surface area contributed by atoms with Crippen LogP contribution < -0.4 is 0 Å². The zero-order valence-corrected chi connectivity index (χ0v) is 10.5. The van der Waals surface area contributed by atoms with Gasteiger partial charge in [0.15, 0.2) is 0 Å². The molecule has 0 fully saturated rings. The third kappa shape index (κ3) is 3.44. The fourth-order valence-corrected chi connectivity index (χ4v) is 1.15. The molecule has 0 bridgehead atoms. The van der Waals surface area contributed by atoms with Gasteiger partial charge in [-0.2, -0.15) is 30.7 Å². The molecule has 110 valence electrons. The third-order valence-electron chi connectivity index (χ3n) is 1.23. The molecule has 0 aliphatic heterocycles. The molecule has 0 aromatic rings. The minimum absolute atomic E-state index is 2.25. The van der Waals surface area contributed by atoms with Crippen molar-refractivity contribution in [3.63, 3.8) is 0 Å². The van der Waals surface area contributed by atoms with Gasteiger partial charge in [-0.1, -0.05) is 0 Å². The van der Waals surface area contributed by atoms with E-state index in [1.165, 1.54) is 0 Å². The van der Waals surface area contributed by atoms with Gasteiger partial charge in [-0.05, 0) is 23.2 Å². The van der Waals surface area contributed by atoms with Crippen LogP contribution in [0.15, 0.2) is 0 Å². The molecule has 1 atom stereocenters. The van der Waals surface area contributed by atoms with Gasteiger partial charge < -0.3 is 0 Å². The smallest absolute Gasteiger partial charge is 0.257 e. The van der Waals surface area contributed by atoms with Gasteiger partial charge in [-0.15, -0.1) is 0 Å². The summed E-state index contributed by atoms with van der Waals surface area (Å²) in [5.41, 5.74) is 0. The molecule has 0 rings (SSSR count). The first-order valence-corrected chi connectivity index (χ1v) is 6.37. The molecule has 0 amide bonds. The van der Waals surface area contributed by atoms with Crippen LogP contribution in [0.4, 0.5) is 30.7 Å². The summed E-state index contributed by atoms with van der Waals surface area (Å²) < 4.78 is 109. The summed E-state index contributed by atoms with van der Waals surface area (Å²) >= 11 is 7.90. The molecular weight excluding hydrogens is 367 g/mol. The van der Waals surface area contributed by atoms with Gasteiger partial charge in [0.05, 0.1) is 0 Å². The fourth-order valence-electron chi connectivity index (χ4n) is 0.420. The Morgan fingerprint density at radius 3 is 1.44 bits per heavy atom. The molecule has 0 aromatic heterocycles. The van der Waals surface area contributed by atoms with Crippen LogP contribution >= 0.6 is 33.9 Å². The van der Waals surface area contributed by atoms with E-state index in [0.717, 1.165) is 0 Å². The van der Waals surface area contributed by atoms with Crippen LogP contribution in [0.3, 0.4) is 0 Å². The SMILES string of the molecule is O=S(=O)(Cl)C(F)(F)C(F)(F)OC(F)(Cl)C(F)(F)Cl. The van der Waals surface area contributed by atoms with Gasteiger partial charge in [-0.25, -0.2) is 8.42 Å². The number of hydrogen-bond acceptors (Lipinski definition) is 3. The third-order valence-corrected chi connectivity index (χ3v) is 3.32. The first-order chi connectivity index (χ1) is 7.46. The van der Waals surface area contributed by atoms with E-state index < -0.39 is 31.1 Å². The Morgan fingerprint density at radius 2 is 1.22 bits per heavy atom. The van der Waals surface area contributed by atoms with Crippen molar-refractivity contribution in [1.29, 1.82) is 0 Å². The Bertz CT molecular complexity index is 416. The Balaban J connectivity index is 5.47. The van der Waals surface area contributed by atoms with Gasteiger partial charge >= 0.3 is 31.1 Å². The monoisotopic (exact) mass is 366 g/mol. The number of hydrogen-bond donors (Lipinski definition) is 0. The molecular formula is C4Cl3F7O3S. The maximum absolute atomic E-state index is 12.6. The normalized spacial score (nSPS) is 18.6. The summed E-state index contributed by atoms with van der Waals surface area (Å²) in [7, 11) is -2.40. The van der Waals surface area contributed by atoms with E-state index in [1.807, 2.05) is 0 Å². The summed E-state index contributed by atoms with van der Waals surface area (Å²) in [6, 6.07) is 0. The van der Waals surface area contributed by atoms with Crippen LogP contribution in [0.2, 0.25) is 0 Å². The Morgan fingerprint density at radius 1 is 0.889 bits per heavy atom. The Hall–Kier alpha value is 0.290. The van der Waals surface area contributed by atoms with E-state index in [4.69, 9.17) is 0 Å². The molecule has 0 N–H and O–H groups in total. The molecule has 0 heterocycles. The van der Waals surface area contributed by atoms with E-state index in [-0.39, 0.29) is 0 Å². The van der Waals surface area contributed by atoms with Crippen LogP contribution in [-0.4, -0.2) is 30.5 Å². The molecule has 0 aromatic carbocycles. The van der Waals surface area contributed by atoms with E-state index >= 15 is 0 Å². The van der Waals surface area contributed by atoms with Crippen molar-refractivity contribution in [2.24, 2.45) is 0 Å². The van der Waals surface area contributed by atoms with Crippen molar-refractivity contribution in [1.82, 2.24) is 0 Å². The second-order valence-electron chi connectivity index (χ2n) is 2.59. The summed E-state index contributed by atoms with van der Waals surface area (Å²) in [5, 5.41) is -16.9. The van der Waals surface area contributed by atoms with Crippen molar-refractivity contribution in [2.45, 2.75) is 22.1 Å². The van der Waals surface area contributed by atoms with Gasteiger partial charge in [0.2, 0.25) is 0 Å². The highest BCUT2D eigenvalue weighted by molar-refractivity contribution is 8.14. The highest BCUT2D eigenvalue weighted by Crippen LogP contribution is 2.49. The zero-order chi connectivity index (χ0) is 15.2. The molecule has 14 heteroatoms. The lowest BCUT2D eigenvalue weighted by Crippen LogP contribution is -2.53. The van der Waals surface area contributed by atoms with Gasteiger partial charge in [0, 0.05) is 10.7 Å². The lowest BCUT2D eigenvalue weighted by Gasteiger charge is -2.30. The van der Waals surface area contributed by atoms with Gasteiger partial charge in [0.25, 0.3) is 0 Å². The van der Waals surface area contributed by atoms with Crippen LogP contribution in [0.1, 0.15) is 0 Å². The predicted molar refractivity (Wildman–Crippen MR) is 46.2 cm³/mol. The zero-order valence-electron chi connectivity index (χ0n) is 7.41. The number of rotatable bonds is 5. The molecule has 0 radical (unpaired) electrons. The second kappa shape index (κ2) is 4.69. The number of alkyl halides is 9. The maximum Gasteiger partial charge on any atom is 0.449 e. The largest absolute Gasteiger partial charge is 0.449 e. The van der Waals surface area contributed by atoms with Crippen molar-refractivity contribution in [3.05, 3.63) is 0 Å². The van der Waals surface area contributed by atoms with E-state index in [0.29, 0.717) is 0 Å². The quantitative estimate of drug-likeness (QED) is 0.425. The molecule has 0 saturated heterocycles. The highest BCUT2D eigenvalue weighted by atomic mass is 35.7. The molecule has 0 aliphatic carbocycles. The molecule has 0 saturated carbocycles. The fraction of sp³-hybridized carbons (Fsp3) is 1.00. The van der Waals surface area contributed by atoms with E-state index in [2.05, 4.69) is 38.6 Å².